The molecule has 4 unspecified atom stereocenters. The number of benzene rings is 1. The van der Waals surface area contributed by atoms with Gasteiger partial charge in [0.2, 0.25) is 17.7 Å². The number of carboxylic acid groups (broad SMARTS) is 3. The maximum Gasteiger partial charge on any atom is 0.326 e. The maximum absolute atomic E-state index is 13.0. The summed E-state index contributed by atoms with van der Waals surface area (Å²) in [5.74, 6) is -6.43. The Hall–Kier alpha value is -4.04. The van der Waals surface area contributed by atoms with Crippen LogP contribution in [0.5, 0.6) is 0 Å². The molecule has 0 heterocycles. The minimum atomic E-state index is -1.47. The van der Waals surface area contributed by atoms with Crippen LogP contribution in [0.15, 0.2) is 30.3 Å². The first-order valence-electron chi connectivity index (χ1n) is 12.5. The highest BCUT2D eigenvalue weighted by Gasteiger charge is 2.31. The number of aliphatic carboxylic acids is 3. The molecule has 3 amide bonds. The largest absolute Gasteiger partial charge is 0.481 e. The highest BCUT2D eigenvalue weighted by Crippen LogP contribution is 2.07. The third-order valence-corrected chi connectivity index (χ3v) is 5.76. The van der Waals surface area contributed by atoms with Crippen molar-refractivity contribution in [3.05, 3.63) is 35.9 Å². The minimum Gasteiger partial charge on any atom is -0.481 e. The van der Waals surface area contributed by atoms with Crippen LogP contribution in [0.3, 0.4) is 0 Å². The molecule has 14 heteroatoms. The van der Waals surface area contributed by atoms with E-state index in [-0.39, 0.29) is 25.7 Å². The summed E-state index contributed by atoms with van der Waals surface area (Å²) < 4.78 is 0. The molecule has 39 heavy (non-hydrogen) atoms. The van der Waals surface area contributed by atoms with E-state index in [0.717, 1.165) is 5.56 Å². The van der Waals surface area contributed by atoms with Gasteiger partial charge in [-0.05, 0) is 50.6 Å². The number of rotatable bonds is 19. The first kappa shape index (κ1) is 33.0. The Morgan fingerprint density at radius 3 is 1.64 bits per heavy atom. The molecule has 0 radical (unpaired) electrons. The maximum atomic E-state index is 13.0. The standard InChI is InChI=1S/C25H37N5O9/c26-13-5-4-8-19(25(38)39)30-24(37)18(10-12-21(33)34)29-23(36)17(9-11-20(31)32)28-22(35)16(27)14-15-6-2-1-3-7-15/h1-3,6-7,16-19H,4-5,8-14,26-27H2,(H,28,35)(H,29,36)(H,30,37)(H,31,32)(H,33,34)(H,38,39). The predicted octanol–water partition coefficient (Wildman–Crippen LogP) is -1.05. The van der Waals surface area contributed by atoms with Crippen molar-refractivity contribution >= 4 is 35.6 Å². The predicted molar refractivity (Wildman–Crippen MR) is 138 cm³/mol. The lowest BCUT2D eigenvalue weighted by Crippen LogP contribution is -2.57. The van der Waals surface area contributed by atoms with Crippen LogP contribution in [0.1, 0.15) is 50.5 Å². The molecule has 1 aromatic carbocycles. The van der Waals surface area contributed by atoms with Gasteiger partial charge in [0.25, 0.3) is 0 Å². The number of carbonyl (C=O) groups is 6. The Kier molecular flexibility index (Phi) is 14.8. The molecule has 1 aromatic rings. The number of hydrogen-bond acceptors (Lipinski definition) is 8. The van der Waals surface area contributed by atoms with E-state index in [1.807, 2.05) is 0 Å². The third kappa shape index (κ3) is 13.4. The van der Waals surface area contributed by atoms with Gasteiger partial charge in [-0.25, -0.2) is 4.79 Å². The second-order valence-corrected chi connectivity index (χ2v) is 8.97. The molecule has 216 valence electrons. The number of nitrogens with one attached hydrogen (secondary N) is 3. The van der Waals surface area contributed by atoms with Gasteiger partial charge in [-0.3, -0.25) is 24.0 Å². The van der Waals surface area contributed by atoms with Crippen LogP contribution in [0.4, 0.5) is 0 Å². The minimum absolute atomic E-state index is 0.0640. The number of carboxylic acids is 3. The Bertz CT molecular complexity index is 989. The molecule has 0 saturated heterocycles. The molecule has 0 aliphatic carbocycles. The van der Waals surface area contributed by atoms with Gasteiger partial charge in [0.15, 0.2) is 0 Å². The number of nitrogens with two attached hydrogens (primary N) is 2. The first-order chi connectivity index (χ1) is 18.4. The van der Waals surface area contributed by atoms with Gasteiger partial charge in [-0.2, -0.15) is 0 Å². The van der Waals surface area contributed by atoms with Crippen LogP contribution in [-0.2, 0) is 35.2 Å². The summed E-state index contributed by atoms with van der Waals surface area (Å²) in [4.78, 5) is 72.4. The zero-order valence-electron chi connectivity index (χ0n) is 21.5. The smallest absolute Gasteiger partial charge is 0.326 e. The fraction of sp³-hybridized carbons (Fsp3) is 0.520. The molecule has 0 aliphatic rings. The van der Waals surface area contributed by atoms with Crippen molar-refractivity contribution in [1.29, 1.82) is 0 Å². The van der Waals surface area contributed by atoms with Gasteiger partial charge in [0.05, 0.1) is 6.04 Å². The molecule has 0 spiro atoms. The van der Waals surface area contributed by atoms with Gasteiger partial charge in [-0.15, -0.1) is 0 Å². The summed E-state index contributed by atoms with van der Waals surface area (Å²) in [7, 11) is 0. The fourth-order valence-electron chi connectivity index (χ4n) is 3.61. The SMILES string of the molecule is NCCCCC(NC(=O)C(CCC(=O)O)NC(=O)C(CCC(=O)O)NC(=O)C(N)Cc1ccccc1)C(=O)O. The molecule has 0 bridgehead atoms. The highest BCUT2D eigenvalue weighted by molar-refractivity contribution is 5.94. The molecular formula is C25H37N5O9. The molecule has 4 atom stereocenters. The summed E-state index contributed by atoms with van der Waals surface area (Å²) in [6.45, 7) is 0.329. The normalized spacial score (nSPS) is 13.8. The number of carbonyl (C=O) groups excluding carboxylic acids is 3. The quantitative estimate of drug-likeness (QED) is 0.0963. The lowest BCUT2D eigenvalue weighted by molar-refractivity contribution is -0.143. The second-order valence-electron chi connectivity index (χ2n) is 8.97. The molecule has 0 saturated carbocycles. The lowest BCUT2D eigenvalue weighted by Gasteiger charge is -2.25. The number of unbranched alkanes of at least 4 members (excludes halogenated alkanes) is 1. The molecule has 0 fully saturated rings. The summed E-state index contributed by atoms with van der Waals surface area (Å²) in [6.07, 6.45) is -0.608. The topological polar surface area (TPSA) is 251 Å². The highest BCUT2D eigenvalue weighted by atomic mass is 16.4. The Balaban J connectivity index is 3.00. The average Bonchev–Trinajstić information content (AvgIpc) is 2.88. The van der Waals surface area contributed by atoms with Crippen molar-refractivity contribution in [2.24, 2.45) is 11.5 Å². The zero-order chi connectivity index (χ0) is 29.4. The molecule has 14 nitrogen and oxygen atoms in total. The van der Waals surface area contributed by atoms with Crippen LogP contribution < -0.4 is 27.4 Å². The van der Waals surface area contributed by atoms with Crippen molar-refractivity contribution in [2.45, 2.75) is 75.5 Å². The molecule has 10 N–H and O–H groups in total. The van der Waals surface area contributed by atoms with Crippen molar-refractivity contribution in [3.8, 4) is 0 Å². The Morgan fingerprint density at radius 2 is 1.18 bits per heavy atom. The first-order valence-corrected chi connectivity index (χ1v) is 12.5. The summed E-state index contributed by atoms with van der Waals surface area (Å²) in [6, 6.07) is 3.59. The third-order valence-electron chi connectivity index (χ3n) is 5.76. The molecule has 0 aromatic heterocycles. The van der Waals surface area contributed by atoms with Gasteiger partial charge in [0.1, 0.15) is 18.1 Å². The van der Waals surface area contributed by atoms with E-state index in [2.05, 4.69) is 16.0 Å². The van der Waals surface area contributed by atoms with Crippen LogP contribution in [-0.4, -0.2) is 81.7 Å². The van der Waals surface area contributed by atoms with Crippen molar-refractivity contribution in [1.82, 2.24) is 16.0 Å². The lowest BCUT2D eigenvalue weighted by atomic mass is 10.0. The number of amides is 3. The van der Waals surface area contributed by atoms with Crippen molar-refractivity contribution in [3.63, 3.8) is 0 Å². The number of hydrogen-bond donors (Lipinski definition) is 8. The fourth-order valence-corrected chi connectivity index (χ4v) is 3.61. The second kappa shape index (κ2) is 17.5. The average molecular weight is 552 g/mol. The van der Waals surface area contributed by atoms with Gasteiger partial charge < -0.3 is 42.7 Å². The van der Waals surface area contributed by atoms with Crippen LogP contribution in [0, 0.1) is 0 Å². The van der Waals surface area contributed by atoms with E-state index in [1.54, 1.807) is 30.3 Å². The Morgan fingerprint density at radius 1 is 0.692 bits per heavy atom. The van der Waals surface area contributed by atoms with Crippen LogP contribution in [0.2, 0.25) is 0 Å². The molecule has 0 aliphatic heterocycles. The van der Waals surface area contributed by atoms with Crippen molar-refractivity contribution in [2.75, 3.05) is 6.54 Å². The molecule has 1 rings (SSSR count). The van der Waals surface area contributed by atoms with E-state index < -0.39 is 72.6 Å². The molecular weight excluding hydrogens is 514 g/mol. The summed E-state index contributed by atoms with van der Waals surface area (Å²) >= 11 is 0. The van der Waals surface area contributed by atoms with Gasteiger partial charge in [-0.1, -0.05) is 30.3 Å². The Labute approximate surface area is 225 Å². The van der Waals surface area contributed by atoms with E-state index in [9.17, 15) is 33.9 Å². The van der Waals surface area contributed by atoms with E-state index in [1.165, 1.54) is 0 Å². The summed E-state index contributed by atoms with van der Waals surface area (Å²) in [5, 5.41) is 34.6. The zero-order valence-corrected chi connectivity index (χ0v) is 21.5. The van der Waals surface area contributed by atoms with Crippen molar-refractivity contribution < 1.29 is 44.1 Å². The summed E-state index contributed by atoms with van der Waals surface area (Å²) in [5.41, 5.74) is 12.1. The van der Waals surface area contributed by atoms with Gasteiger partial charge in [0, 0.05) is 12.8 Å². The van der Waals surface area contributed by atoms with E-state index in [0.29, 0.717) is 19.4 Å². The van der Waals surface area contributed by atoms with Gasteiger partial charge >= 0.3 is 17.9 Å². The van der Waals surface area contributed by atoms with Crippen LogP contribution >= 0.6 is 0 Å². The van der Waals surface area contributed by atoms with Crippen LogP contribution in [0.25, 0.3) is 0 Å². The van der Waals surface area contributed by atoms with E-state index in [4.69, 9.17) is 21.7 Å². The monoisotopic (exact) mass is 551 g/mol. The van der Waals surface area contributed by atoms with E-state index >= 15 is 0 Å².